The maximum Gasteiger partial charge on any atom is 0.222 e. The number of hydrogen-bond acceptors (Lipinski definition) is 5. The molecule has 1 amide bonds. The first-order valence-electron chi connectivity index (χ1n) is 6.25. The van der Waals surface area contributed by atoms with Crippen molar-refractivity contribution in [2.45, 2.75) is 25.8 Å². The summed E-state index contributed by atoms with van der Waals surface area (Å²) in [5.41, 5.74) is 0. The number of nitrogens with zero attached hydrogens (tertiary/aromatic N) is 3. The highest BCUT2D eigenvalue weighted by molar-refractivity contribution is 5.77. The molecule has 98 valence electrons. The standard InChI is InChI=1S/C12H19N5O/c1-3-13-10-6-11(15-8-14-10)16-9-4-5-12(18)17(2)7-9/h6,8-9H,3-5,7H2,1-2H3,(H2,13,14,15,16). The zero-order chi connectivity index (χ0) is 13.0. The SMILES string of the molecule is CCNc1cc(NC2CCC(=O)N(C)C2)ncn1. The summed E-state index contributed by atoms with van der Waals surface area (Å²) in [4.78, 5) is 21.5. The summed E-state index contributed by atoms with van der Waals surface area (Å²) in [5, 5.41) is 6.49. The van der Waals surface area contributed by atoms with E-state index in [4.69, 9.17) is 0 Å². The molecule has 2 heterocycles. The van der Waals surface area contributed by atoms with Crippen LogP contribution >= 0.6 is 0 Å². The van der Waals surface area contributed by atoms with Gasteiger partial charge in [-0.2, -0.15) is 0 Å². The molecule has 0 aromatic carbocycles. The average Bonchev–Trinajstić information content (AvgIpc) is 2.35. The van der Waals surface area contributed by atoms with Crippen LogP contribution in [-0.4, -0.2) is 47.0 Å². The first-order valence-corrected chi connectivity index (χ1v) is 6.25. The van der Waals surface area contributed by atoms with E-state index in [0.717, 1.165) is 31.1 Å². The number of likely N-dealkylation sites (N-methyl/N-ethyl adjacent to an activating group) is 1. The number of aromatic nitrogens is 2. The van der Waals surface area contributed by atoms with E-state index < -0.39 is 0 Å². The van der Waals surface area contributed by atoms with Crippen molar-refractivity contribution in [1.82, 2.24) is 14.9 Å². The number of piperidine rings is 1. The number of rotatable bonds is 4. The number of anilines is 2. The van der Waals surface area contributed by atoms with E-state index in [1.807, 2.05) is 20.0 Å². The number of carbonyl (C=O) groups is 1. The summed E-state index contributed by atoms with van der Waals surface area (Å²) in [6.07, 6.45) is 2.99. The van der Waals surface area contributed by atoms with Crippen molar-refractivity contribution in [3.8, 4) is 0 Å². The van der Waals surface area contributed by atoms with Crippen LogP contribution in [0, 0.1) is 0 Å². The molecule has 0 bridgehead atoms. The van der Waals surface area contributed by atoms with Gasteiger partial charge in [-0.05, 0) is 13.3 Å². The Morgan fingerprint density at radius 2 is 2.22 bits per heavy atom. The molecule has 0 saturated carbocycles. The highest BCUT2D eigenvalue weighted by Crippen LogP contribution is 2.15. The van der Waals surface area contributed by atoms with E-state index in [1.54, 1.807) is 4.90 Å². The maximum absolute atomic E-state index is 11.4. The van der Waals surface area contributed by atoms with Gasteiger partial charge in [0.1, 0.15) is 18.0 Å². The third-order valence-electron chi connectivity index (χ3n) is 3.00. The van der Waals surface area contributed by atoms with Gasteiger partial charge >= 0.3 is 0 Å². The van der Waals surface area contributed by atoms with Crippen molar-refractivity contribution in [3.63, 3.8) is 0 Å². The van der Waals surface area contributed by atoms with Gasteiger partial charge in [-0.15, -0.1) is 0 Å². The Morgan fingerprint density at radius 1 is 1.44 bits per heavy atom. The molecule has 18 heavy (non-hydrogen) atoms. The van der Waals surface area contributed by atoms with E-state index in [9.17, 15) is 4.79 Å². The van der Waals surface area contributed by atoms with Crippen LogP contribution in [0.2, 0.25) is 0 Å². The van der Waals surface area contributed by atoms with Crippen LogP contribution in [0.3, 0.4) is 0 Å². The second-order valence-electron chi connectivity index (χ2n) is 4.47. The minimum Gasteiger partial charge on any atom is -0.370 e. The molecular weight excluding hydrogens is 230 g/mol. The molecule has 2 rings (SSSR count). The summed E-state index contributed by atoms with van der Waals surface area (Å²) in [6, 6.07) is 2.15. The second-order valence-corrected chi connectivity index (χ2v) is 4.47. The number of carbonyl (C=O) groups excluding carboxylic acids is 1. The fourth-order valence-electron chi connectivity index (χ4n) is 2.05. The Morgan fingerprint density at radius 3 is 2.94 bits per heavy atom. The predicted octanol–water partition coefficient (Wildman–Crippen LogP) is 0.941. The lowest BCUT2D eigenvalue weighted by molar-refractivity contribution is -0.132. The maximum atomic E-state index is 11.4. The van der Waals surface area contributed by atoms with Crippen LogP contribution in [0.5, 0.6) is 0 Å². The van der Waals surface area contributed by atoms with Gasteiger partial charge in [0.25, 0.3) is 0 Å². The highest BCUT2D eigenvalue weighted by atomic mass is 16.2. The zero-order valence-electron chi connectivity index (χ0n) is 10.8. The van der Waals surface area contributed by atoms with E-state index in [-0.39, 0.29) is 11.9 Å². The third-order valence-corrected chi connectivity index (χ3v) is 3.00. The molecule has 1 unspecified atom stereocenters. The number of amides is 1. The molecule has 1 fully saturated rings. The second kappa shape index (κ2) is 5.66. The predicted molar refractivity (Wildman–Crippen MR) is 70.5 cm³/mol. The van der Waals surface area contributed by atoms with Crippen molar-refractivity contribution >= 4 is 17.5 Å². The smallest absolute Gasteiger partial charge is 0.222 e. The van der Waals surface area contributed by atoms with Gasteiger partial charge < -0.3 is 15.5 Å². The summed E-state index contributed by atoms with van der Waals surface area (Å²) in [6.45, 7) is 3.58. The minimum absolute atomic E-state index is 0.212. The lowest BCUT2D eigenvalue weighted by atomic mass is 10.1. The molecule has 2 N–H and O–H groups in total. The Balaban J connectivity index is 1.96. The Bertz CT molecular complexity index is 423. The zero-order valence-corrected chi connectivity index (χ0v) is 10.8. The van der Waals surface area contributed by atoms with E-state index in [1.165, 1.54) is 6.33 Å². The Hall–Kier alpha value is -1.85. The molecule has 1 aliphatic heterocycles. The Labute approximate surface area is 107 Å². The van der Waals surface area contributed by atoms with Crippen LogP contribution in [0.25, 0.3) is 0 Å². The van der Waals surface area contributed by atoms with Crippen molar-refractivity contribution in [1.29, 1.82) is 0 Å². The molecule has 1 aromatic heterocycles. The van der Waals surface area contributed by atoms with Crippen LogP contribution in [-0.2, 0) is 4.79 Å². The lowest BCUT2D eigenvalue weighted by Crippen LogP contribution is -2.43. The van der Waals surface area contributed by atoms with Gasteiger partial charge in [0, 0.05) is 38.7 Å². The van der Waals surface area contributed by atoms with Crippen molar-refractivity contribution in [2.24, 2.45) is 0 Å². The fraction of sp³-hybridized carbons (Fsp3) is 0.583. The van der Waals surface area contributed by atoms with Gasteiger partial charge in [0.15, 0.2) is 0 Å². The molecule has 1 aromatic rings. The molecular formula is C12H19N5O. The van der Waals surface area contributed by atoms with E-state index >= 15 is 0 Å². The van der Waals surface area contributed by atoms with E-state index in [0.29, 0.717) is 6.42 Å². The van der Waals surface area contributed by atoms with Crippen LogP contribution in [0.15, 0.2) is 12.4 Å². The molecule has 6 heteroatoms. The van der Waals surface area contributed by atoms with Crippen molar-refractivity contribution in [2.75, 3.05) is 30.8 Å². The molecule has 6 nitrogen and oxygen atoms in total. The van der Waals surface area contributed by atoms with Gasteiger partial charge in [0.2, 0.25) is 5.91 Å². The van der Waals surface area contributed by atoms with Gasteiger partial charge in [-0.1, -0.05) is 0 Å². The lowest BCUT2D eigenvalue weighted by Gasteiger charge is -2.30. The first-order chi connectivity index (χ1) is 8.69. The number of likely N-dealkylation sites (tertiary alicyclic amines) is 1. The first kappa shape index (κ1) is 12.6. The van der Waals surface area contributed by atoms with Crippen molar-refractivity contribution < 1.29 is 4.79 Å². The third kappa shape index (κ3) is 3.09. The fourth-order valence-corrected chi connectivity index (χ4v) is 2.05. The van der Waals surface area contributed by atoms with Crippen LogP contribution < -0.4 is 10.6 Å². The molecule has 1 atom stereocenters. The minimum atomic E-state index is 0.212. The molecule has 0 spiro atoms. The molecule has 1 aliphatic rings. The van der Waals surface area contributed by atoms with Gasteiger partial charge in [0.05, 0.1) is 0 Å². The molecule has 0 aliphatic carbocycles. The van der Waals surface area contributed by atoms with Gasteiger partial charge in [-0.3, -0.25) is 4.79 Å². The quantitative estimate of drug-likeness (QED) is 0.831. The van der Waals surface area contributed by atoms with Crippen LogP contribution in [0.1, 0.15) is 19.8 Å². The van der Waals surface area contributed by atoms with Crippen LogP contribution in [0.4, 0.5) is 11.6 Å². The summed E-state index contributed by atoms with van der Waals surface area (Å²) >= 11 is 0. The number of hydrogen-bond donors (Lipinski definition) is 2. The molecule has 1 saturated heterocycles. The van der Waals surface area contributed by atoms with Gasteiger partial charge in [-0.25, -0.2) is 9.97 Å². The normalized spacial score (nSPS) is 19.8. The number of nitrogens with one attached hydrogen (secondary N) is 2. The Kier molecular flexibility index (Phi) is 3.96. The largest absolute Gasteiger partial charge is 0.370 e. The average molecular weight is 249 g/mol. The molecule has 0 radical (unpaired) electrons. The monoisotopic (exact) mass is 249 g/mol. The summed E-state index contributed by atoms with van der Waals surface area (Å²) in [7, 11) is 1.83. The highest BCUT2D eigenvalue weighted by Gasteiger charge is 2.22. The summed E-state index contributed by atoms with van der Waals surface area (Å²) in [5.74, 6) is 1.83. The van der Waals surface area contributed by atoms with E-state index in [2.05, 4.69) is 20.6 Å². The van der Waals surface area contributed by atoms with Crippen molar-refractivity contribution in [3.05, 3.63) is 12.4 Å². The topological polar surface area (TPSA) is 70.2 Å². The summed E-state index contributed by atoms with van der Waals surface area (Å²) < 4.78 is 0.